The quantitative estimate of drug-likeness (QED) is 0.377. The molecule has 0 saturated carbocycles. The predicted octanol–water partition coefficient (Wildman–Crippen LogP) is 4.23. The molecule has 3 aromatic heterocycles. The van der Waals surface area contributed by atoms with Crippen LogP contribution in [0.2, 0.25) is 0 Å². The maximum atomic E-state index is 13.2. The molecule has 1 amide bonds. The van der Waals surface area contributed by atoms with Crippen LogP contribution < -0.4 is 5.32 Å². The number of H-pyrrole nitrogens is 1. The van der Waals surface area contributed by atoms with Crippen molar-refractivity contribution in [3.8, 4) is 11.1 Å². The summed E-state index contributed by atoms with van der Waals surface area (Å²) in [6.07, 6.45) is 3.31. The van der Waals surface area contributed by atoms with Gasteiger partial charge in [-0.05, 0) is 29.1 Å². The molecule has 4 aromatic rings. The third-order valence-electron chi connectivity index (χ3n) is 3.96. The Morgan fingerprint density at radius 2 is 2.07 bits per heavy atom. The van der Waals surface area contributed by atoms with Gasteiger partial charge in [-0.3, -0.25) is 4.79 Å². The summed E-state index contributed by atoms with van der Waals surface area (Å²) in [5.41, 5.74) is 3.26. The molecule has 5 nitrogen and oxygen atoms in total. The predicted molar refractivity (Wildman–Crippen MR) is 106 cm³/mol. The first-order valence-electron chi connectivity index (χ1n) is 8.20. The fourth-order valence-electron chi connectivity index (χ4n) is 2.66. The van der Waals surface area contributed by atoms with Crippen molar-refractivity contribution in [2.45, 2.75) is 11.6 Å². The van der Waals surface area contributed by atoms with Gasteiger partial charge in [-0.2, -0.15) is 0 Å². The van der Waals surface area contributed by atoms with Crippen LogP contribution in [-0.4, -0.2) is 26.6 Å². The Bertz CT molecular complexity index is 1060. The summed E-state index contributed by atoms with van der Waals surface area (Å²) in [6.45, 7) is 0.535. The fourth-order valence-corrected chi connectivity index (χ4v) is 4.10. The van der Waals surface area contributed by atoms with E-state index in [4.69, 9.17) is 0 Å². The number of halogens is 1. The van der Waals surface area contributed by atoms with E-state index in [0.29, 0.717) is 11.6 Å². The van der Waals surface area contributed by atoms with E-state index in [1.165, 1.54) is 30.2 Å². The van der Waals surface area contributed by atoms with Gasteiger partial charge in [-0.15, -0.1) is 11.3 Å². The number of hydrogen-bond donors (Lipinski definition) is 2. The number of amides is 1. The highest BCUT2D eigenvalue weighted by molar-refractivity contribution is 8.00. The van der Waals surface area contributed by atoms with Crippen LogP contribution in [0, 0.1) is 5.82 Å². The number of hydrogen-bond acceptors (Lipinski definition) is 5. The Morgan fingerprint density at radius 3 is 2.85 bits per heavy atom. The molecule has 4 rings (SSSR count). The standard InChI is InChI=1S/C19H15FN4OS2/c20-13-5-3-12(4-6-13)15-9-22-18-17(15)23-11-24-19(18)27-10-16(25)21-8-14-2-1-7-26-14/h1-7,9,11,22H,8,10H2,(H,21,25). The maximum absolute atomic E-state index is 13.2. The first-order valence-corrected chi connectivity index (χ1v) is 10.1. The van der Waals surface area contributed by atoms with Crippen LogP contribution in [-0.2, 0) is 11.3 Å². The van der Waals surface area contributed by atoms with Crippen molar-refractivity contribution >= 4 is 40.0 Å². The molecule has 1 aromatic carbocycles. The lowest BCUT2D eigenvalue weighted by Crippen LogP contribution is -2.24. The number of carbonyl (C=O) groups excluding carboxylic acids is 1. The van der Waals surface area contributed by atoms with Crippen molar-refractivity contribution in [3.05, 3.63) is 65.0 Å². The number of thioether (sulfide) groups is 1. The second-order valence-corrected chi connectivity index (χ2v) is 7.75. The van der Waals surface area contributed by atoms with E-state index in [9.17, 15) is 9.18 Å². The molecular weight excluding hydrogens is 383 g/mol. The Balaban J connectivity index is 1.48. The van der Waals surface area contributed by atoms with E-state index in [1.807, 2.05) is 23.7 Å². The van der Waals surface area contributed by atoms with E-state index in [-0.39, 0.29) is 17.5 Å². The molecule has 0 aliphatic carbocycles. The average Bonchev–Trinajstić information content (AvgIpc) is 3.35. The van der Waals surface area contributed by atoms with Gasteiger partial charge < -0.3 is 10.3 Å². The summed E-state index contributed by atoms with van der Waals surface area (Å²) in [7, 11) is 0. The Kier molecular flexibility index (Phi) is 5.17. The summed E-state index contributed by atoms with van der Waals surface area (Å²) in [5, 5.41) is 5.59. The zero-order chi connectivity index (χ0) is 18.6. The molecule has 2 N–H and O–H groups in total. The number of nitrogens with one attached hydrogen (secondary N) is 2. The van der Waals surface area contributed by atoms with Crippen molar-refractivity contribution in [1.82, 2.24) is 20.3 Å². The van der Waals surface area contributed by atoms with Gasteiger partial charge in [-0.1, -0.05) is 30.0 Å². The second-order valence-electron chi connectivity index (χ2n) is 5.76. The zero-order valence-electron chi connectivity index (χ0n) is 14.1. The molecule has 27 heavy (non-hydrogen) atoms. The van der Waals surface area contributed by atoms with Gasteiger partial charge in [0, 0.05) is 16.6 Å². The van der Waals surface area contributed by atoms with Crippen molar-refractivity contribution in [1.29, 1.82) is 0 Å². The van der Waals surface area contributed by atoms with Crippen LogP contribution in [0.3, 0.4) is 0 Å². The zero-order valence-corrected chi connectivity index (χ0v) is 15.7. The molecule has 0 aliphatic rings. The Labute approximate surface area is 163 Å². The molecule has 3 heterocycles. The number of carbonyl (C=O) groups is 1. The third-order valence-corrected chi connectivity index (χ3v) is 5.83. The van der Waals surface area contributed by atoms with Crippen LogP contribution in [0.5, 0.6) is 0 Å². The van der Waals surface area contributed by atoms with Gasteiger partial charge in [0.25, 0.3) is 0 Å². The summed E-state index contributed by atoms with van der Waals surface area (Å²) < 4.78 is 13.2. The van der Waals surface area contributed by atoms with Gasteiger partial charge >= 0.3 is 0 Å². The average molecular weight is 398 g/mol. The van der Waals surface area contributed by atoms with E-state index in [0.717, 1.165) is 27.0 Å². The molecule has 0 spiro atoms. The molecule has 136 valence electrons. The lowest BCUT2D eigenvalue weighted by Gasteiger charge is -2.04. The fraction of sp³-hybridized carbons (Fsp3) is 0.105. The summed E-state index contributed by atoms with van der Waals surface area (Å²) in [6, 6.07) is 10.2. The molecule has 0 bridgehead atoms. The minimum absolute atomic E-state index is 0.0505. The van der Waals surface area contributed by atoms with Crippen LogP contribution in [0.25, 0.3) is 22.2 Å². The minimum atomic E-state index is -0.280. The van der Waals surface area contributed by atoms with Crippen molar-refractivity contribution in [3.63, 3.8) is 0 Å². The largest absolute Gasteiger partial charge is 0.357 e. The monoisotopic (exact) mass is 398 g/mol. The number of nitrogens with zero attached hydrogens (tertiary/aromatic N) is 2. The molecule has 0 fully saturated rings. The molecule has 0 aliphatic heterocycles. The van der Waals surface area contributed by atoms with E-state index >= 15 is 0 Å². The van der Waals surface area contributed by atoms with Gasteiger partial charge in [-0.25, -0.2) is 14.4 Å². The summed E-state index contributed by atoms with van der Waals surface area (Å²) in [4.78, 5) is 25.0. The van der Waals surface area contributed by atoms with Crippen LogP contribution >= 0.6 is 23.1 Å². The Hall–Kier alpha value is -2.71. The summed E-state index contributed by atoms with van der Waals surface area (Å²) in [5.74, 6) is -0.0638. The van der Waals surface area contributed by atoms with Crippen molar-refractivity contribution in [2.75, 3.05) is 5.75 Å². The topological polar surface area (TPSA) is 70.7 Å². The SMILES string of the molecule is O=C(CSc1ncnc2c(-c3ccc(F)cc3)c[nH]c12)NCc1cccs1. The number of aromatic amines is 1. The van der Waals surface area contributed by atoms with E-state index < -0.39 is 0 Å². The second kappa shape index (κ2) is 7.89. The molecule has 0 atom stereocenters. The summed E-state index contributed by atoms with van der Waals surface area (Å²) >= 11 is 2.97. The van der Waals surface area contributed by atoms with Crippen molar-refractivity contribution in [2.24, 2.45) is 0 Å². The number of thiophene rings is 1. The van der Waals surface area contributed by atoms with Gasteiger partial charge in [0.1, 0.15) is 22.7 Å². The van der Waals surface area contributed by atoms with Gasteiger partial charge in [0.2, 0.25) is 5.91 Å². The number of benzene rings is 1. The highest BCUT2D eigenvalue weighted by atomic mass is 32.2. The first kappa shape index (κ1) is 17.7. The van der Waals surface area contributed by atoms with Crippen LogP contribution in [0.15, 0.2) is 59.3 Å². The lowest BCUT2D eigenvalue weighted by molar-refractivity contribution is -0.118. The Morgan fingerprint density at radius 1 is 1.22 bits per heavy atom. The first-order chi connectivity index (χ1) is 13.2. The highest BCUT2D eigenvalue weighted by Gasteiger charge is 2.13. The van der Waals surface area contributed by atoms with Crippen LogP contribution in [0.1, 0.15) is 4.88 Å². The van der Waals surface area contributed by atoms with E-state index in [2.05, 4.69) is 20.3 Å². The van der Waals surface area contributed by atoms with Gasteiger partial charge in [0.15, 0.2) is 0 Å². The smallest absolute Gasteiger partial charge is 0.230 e. The highest BCUT2D eigenvalue weighted by Crippen LogP contribution is 2.31. The molecule has 8 heteroatoms. The number of fused-ring (bicyclic) bond motifs is 1. The number of rotatable bonds is 6. The normalized spacial score (nSPS) is 11.0. The van der Waals surface area contributed by atoms with Crippen molar-refractivity contribution < 1.29 is 9.18 Å². The molecule has 0 radical (unpaired) electrons. The molecule has 0 unspecified atom stereocenters. The van der Waals surface area contributed by atoms with Gasteiger partial charge in [0.05, 0.1) is 17.8 Å². The lowest BCUT2D eigenvalue weighted by atomic mass is 10.1. The molecule has 0 saturated heterocycles. The third kappa shape index (κ3) is 4.01. The van der Waals surface area contributed by atoms with E-state index in [1.54, 1.807) is 23.5 Å². The minimum Gasteiger partial charge on any atom is -0.357 e. The van der Waals surface area contributed by atoms with Crippen LogP contribution in [0.4, 0.5) is 4.39 Å². The molecular formula is C19H15FN4OS2. The maximum Gasteiger partial charge on any atom is 0.230 e. The number of aromatic nitrogens is 3.